The third-order valence-electron chi connectivity index (χ3n) is 5.79. The molecule has 2 aromatic carbocycles. The standard InChI is InChI=1S/C26H37N3O4S/c1-6-7-16-27-26(31)22(4)28(17-15-23-11-9-8-10-12-23)25(30)19-29(34(5,32)33)24-18-20(2)13-14-21(24)3/h8-14,18,22H,6-7,15-17,19H2,1-5H3,(H,27,31)/t22-/m1/s1. The first-order valence-corrected chi connectivity index (χ1v) is 13.6. The van der Waals surface area contributed by atoms with Gasteiger partial charge in [0.05, 0.1) is 11.9 Å². The Hall–Kier alpha value is -2.87. The normalized spacial score (nSPS) is 12.1. The van der Waals surface area contributed by atoms with Gasteiger partial charge in [0.15, 0.2) is 0 Å². The van der Waals surface area contributed by atoms with Gasteiger partial charge in [0.25, 0.3) is 0 Å². The van der Waals surface area contributed by atoms with Gasteiger partial charge in [0.1, 0.15) is 12.6 Å². The summed E-state index contributed by atoms with van der Waals surface area (Å²) in [4.78, 5) is 27.8. The van der Waals surface area contributed by atoms with E-state index in [9.17, 15) is 18.0 Å². The van der Waals surface area contributed by atoms with E-state index < -0.39 is 22.0 Å². The van der Waals surface area contributed by atoms with Gasteiger partial charge in [-0.25, -0.2) is 8.42 Å². The third kappa shape index (κ3) is 7.87. The minimum atomic E-state index is -3.73. The van der Waals surface area contributed by atoms with Gasteiger partial charge in [-0.2, -0.15) is 0 Å². The third-order valence-corrected chi connectivity index (χ3v) is 6.92. The van der Waals surface area contributed by atoms with Crippen LogP contribution in [0, 0.1) is 13.8 Å². The zero-order chi connectivity index (χ0) is 25.3. The summed E-state index contributed by atoms with van der Waals surface area (Å²) in [6, 6.07) is 14.5. The molecule has 0 saturated heterocycles. The maximum Gasteiger partial charge on any atom is 0.244 e. The van der Waals surface area contributed by atoms with Gasteiger partial charge in [-0.15, -0.1) is 0 Å². The smallest absolute Gasteiger partial charge is 0.244 e. The van der Waals surface area contributed by atoms with Crippen LogP contribution >= 0.6 is 0 Å². The highest BCUT2D eigenvalue weighted by Crippen LogP contribution is 2.24. The summed E-state index contributed by atoms with van der Waals surface area (Å²) in [5.74, 6) is -0.659. The summed E-state index contributed by atoms with van der Waals surface area (Å²) in [5, 5.41) is 2.88. The lowest BCUT2D eigenvalue weighted by Gasteiger charge is -2.32. The number of anilines is 1. The van der Waals surface area contributed by atoms with Crippen LogP contribution in [0.1, 0.15) is 43.4 Å². The fourth-order valence-electron chi connectivity index (χ4n) is 3.69. The zero-order valence-corrected chi connectivity index (χ0v) is 21.7. The number of rotatable bonds is 12. The van der Waals surface area contributed by atoms with Crippen LogP contribution < -0.4 is 9.62 Å². The van der Waals surface area contributed by atoms with Crippen LogP contribution in [0.2, 0.25) is 0 Å². The van der Waals surface area contributed by atoms with E-state index in [1.807, 2.05) is 63.2 Å². The highest BCUT2D eigenvalue weighted by Gasteiger charge is 2.30. The maximum absolute atomic E-state index is 13.5. The lowest BCUT2D eigenvalue weighted by atomic mass is 10.1. The van der Waals surface area contributed by atoms with Crippen molar-refractivity contribution in [1.29, 1.82) is 0 Å². The molecule has 2 amide bonds. The van der Waals surface area contributed by atoms with E-state index in [0.717, 1.165) is 40.1 Å². The lowest BCUT2D eigenvalue weighted by Crippen LogP contribution is -2.52. The van der Waals surface area contributed by atoms with Crippen molar-refractivity contribution in [2.75, 3.05) is 30.2 Å². The molecule has 0 aliphatic heterocycles. The Morgan fingerprint density at radius 3 is 2.35 bits per heavy atom. The summed E-state index contributed by atoms with van der Waals surface area (Å²) in [6.45, 7) is 7.89. The highest BCUT2D eigenvalue weighted by molar-refractivity contribution is 7.92. The lowest BCUT2D eigenvalue weighted by molar-refractivity contribution is -0.138. The van der Waals surface area contributed by atoms with Crippen molar-refractivity contribution in [3.8, 4) is 0 Å². The van der Waals surface area contributed by atoms with Gasteiger partial charge in [-0.05, 0) is 56.4 Å². The number of benzene rings is 2. The van der Waals surface area contributed by atoms with Crippen LogP contribution in [0.3, 0.4) is 0 Å². The first kappa shape index (κ1) is 27.4. The van der Waals surface area contributed by atoms with E-state index >= 15 is 0 Å². The number of hydrogen-bond acceptors (Lipinski definition) is 4. The van der Waals surface area contributed by atoms with Crippen LogP contribution in [0.5, 0.6) is 0 Å². The molecule has 2 rings (SSSR count). The molecule has 0 unspecified atom stereocenters. The molecule has 0 aromatic heterocycles. The summed E-state index contributed by atoms with van der Waals surface area (Å²) >= 11 is 0. The van der Waals surface area contributed by atoms with Crippen LogP contribution in [0.25, 0.3) is 0 Å². The molecule has 1 N–H and O–H groups in total. The van der Waals surface area contributed by atoms with Crippen LogP contribution in [0.4, 0.5) is 5.69 Å². The Morgan fingerprint density at radius 2 is 1.74 bits per heavy atom. The average molecular weight is 488 g/mol. The van der Waals surface area contributed by atoms with Crippen LogP contribution in [-0.2, 0) is 26.0 Å². The molecule has 34 heavy (non-hydrogen) atoms. The number of carbonyl (C=O) groups excluding carboxylic acids is 2. The second-order valence-electron chi connectivity index (χ2n) is 8.70. The maximum atomic E-state index is 13.5. The summed E-state index contributed by atoms with van der Waals surface area (Å²) in [6.07, 6.45) is 3.45. The van der Waals surface area contributed by atoms with Crippen molar-refractivity contribution in [3.05, 3.63) is 65.2 Å². The molecule has 1 atom stereocenters. The Labute approximate surface area is 204 Å². The molecule has 8 heteroatoms. The minimum absolute atomic E-state index is 0.243. The van der Waals surface area contributed by atoms with Crippen LogP contribution in [0.15, 0.2) is 48.5 Å². The molecule has 0 spiro atoms. The van der Waals surface area contributed by atoms with Crippen molar-refractivity contribution in [3.63, 3.8) is 0 Å². The highest BCUT2D eigenvalue weighted by atomic mass is 32.2. The second-order valence-corrected chi connectivity index (χ2v) is 10.6. The van der Waals surface area contributed by atoms with Gasteiger partial charge < -0.3 is 10.2 Å². The molecule has 186 valence electrons. The molecule has 0 bridgehead atoms. The number of unbranched alkanes of at least 4 members (excludes halogenated alkanes) is 1. The molecule has 0 saturated carbocycles. The number of nitrogens with one attached hydrogen (secondary N) is 1. The average Bonchev–Trinajstić information content (AvgIpc) is 2.79. The molecule has 0 aliphatic carbocycles. The first-order chi connectivity index (χ1) is 16.0. The summed E-state index contributed by atoms with van der Waals surface area (Å²) < 4.78 is 26.5. The fraction of sp³-hybridized carbons (Fsp3) is 0.462. The molecule has 0 heterocycles. The van der Waals surface area contributed by atoms with Crippen molar-refractivity contribution >= 4 is 27.5 Å². The molecular weight excluding hydrogens is 450 g/mol. The Balaban J connectivity index is 2.31. The SMILES string of the molecule is CCCCNC(=O)[C@@H](C)N(CCc1ccccc1)C(=O)CN(c1cc(C)ccc1C)S(C)(=O)=O. The zero-order valence-electron chi connectivity index (χ0n) is 20.9. The van der Waals surface area contributed by atoms with E-state index in [0.29, 0.717) is 25.2 Å². The van der Waals surface area contributed by atoms with Crippen LogP contribution in [-0.4, -0.2) is 57.1 Å². The molecule has 0 fully saturated rings. The number of aryl methyl sites for hydroxylation is 2. The van der Waals surface area contributed by atoms with Crippen molar-refractivity contribution in [2.24, 2.45) is 0 Å². The van der Waals surface area contributed by atoms with Gasteiger partial charge in [-0.3, -0.25) is 13.9 Å². The molecule has 0 aliphatic rings. The van der Waals surface area contributed by atoms with Gasteiger partial charge in [0.2, 0.25) is 21.8 Å². The topological polar surface area (TPSA) is 86.8 Å². The monoisotopic (exact) mass is 487 g/mol. The predicted octanol–water partition coefficient (Wildman–Crippen LogP) is 3.45. The number of amides is 2. The van der Waals surface area contributed by atoms with Crippen molar-refractivity contribution < 1.29 is 18.0 Å². The van der Waals surface area contributed by atoms with E-state index in [-0.39, 0.29) is 12.5 Å². The van der Waals surface area contributed by atoms with Gasteiger partial charge in [0, 0.05) is 13.1 Å². The van der Waals surface area contributed by atoms with Crippen molar-refractivity contribution in [2.45, 2.75) is 53.0 Å². The van der Waals surface area contributed by atoms with E-state index in [1.165, 1.54) is 4.90 Å². The molecule has 0 radical (unpaired) electrons. The van der Waals surface area contributed by atoms with Gasteiger partial charge in [-0.1, -0.05) is 55.8 Å². The van der Waals surface area contributed by atoms with E-state index in [4.69, 9.17) is 0 Å². The van der Waals surface area contributed by atoms with Gasteiger partial charge >= 0.3 is 0 Å². The second kappa shape index (κ2) is 12.6. The number of sulfonamides is 1. The first-order valence-electron chi connectivity index (χ1n) is 11.7. The summed E-state index contributed by atoms with van der Waals surface area (Å²) in [5.41, 5.74) is 3.16. The van der Waals surface area contributed by atoms with E-state index in [2.05, 4.69) is 5.32 Å². The Kier molecular flexibility index (Phi) is 10.1. The predicted molar refractivity (Wildman–Crippen MR) is 137 cm³/mol. The fourth-order valence-corrected chi connectivity index (χ4v) is 4.59. The Morgan fingerprint density at radius 1 is 1.06 bits per heavy atom. The van der Waals surface area contributed by atoms with E-state index in [1.54, 1.807) is 13.0 Å². The largest absolute Gasteiger partial charge is 0.354 e. The number of hydrogen-bond donors (Lipinski definition) is 1. The summed E-state index contributed by atoms with van der Waals surface area (Å²) in [7, 11) is -3.73. The quantitative estimate of drug-likeness (QED) is 0.465. The number of nitrogens with zero attached hydrogens (tertiary/aromatic N) is 2. The molecular formula is C26H37N3O4S. The van der Waals surface area contributed by atoms with Crippen molar-refractivity contribution in [1.82, 2.24) is 10.2 Å². The number of carbonyl (C=O) groups is 2. The Bertz CT molecular complexity index is 1070. The minimum Gasteiger partial charge on any atom is -0.354 e. The molecule has 7 nitrogen and oxygen atoms in total. The molecule has 2 aromatic rings.